The topological polar surface area (TPSA) is 55.1 Å². The Morgan fingerprint density at radius 3 is 2.77 bits per heavy atom. The third-order valence-corrected chi connectivity index (χ3v) is 3.08. The van der Waals surface area contributed by atoms with Gasteiger partial charge in [-0.3, -0.25) is 4.79 Å². The second-order valence-corrected chi connectivity index (χ2v) is 4.94. The zero-order chi connectivity index (χ0) is 15.8. The Kier molecular flexibility index (Phi) is 5.72. The van der Waals surface area contributed by atoms with E-state index in [1.807, 2.05) is 50.3 Å². The van der Waals surface area contributed by atoms with Crippen LogP contribution in [0.5, 0.6) is 0 Å². The molecule has 1 heterocycles. The highest BCUT2D eigenvalue weighted by molar-refractivity contribution is 5.87. The highest BCUT2D eigenvalue weighted by Crippen LogP contribution is 2.19. The molecule has 2 aromatic rings. The fourth-order valence-electron chi connectivity index (χ4n) is 1.88. The molecule has 0 bridgehead atoms. The van der Waals surface area contributed by atoms with Gasteiger partial charge in [-0.2, -0.15) is 0 Å². The summed E-state index contributed by atoms with van der Waals surface area (Å²) in [5.41, 5.74) is 2.98. The lowest BCUT2D eigenvalue weighted by atomic mass is 10.1. The molecule has 22 heavy (non-hydrogen) atoms. The predicted octanol–water partition coefficient (Wildman–Crippen LogP) is 3.44. The number of oxazole rings is 1. The van der Waals surface area contributed by atoms with Crippen LogP contribution in [0.4, 0.5) is 0 Å². The average Bonchev–Trinajstić information content (AvgIpc) is 2.97. The summed E-state index contributed by atoms with van der Waals surface area (Å²) in [6, 6.07) is 8.02. The van der Waals surface area contributed by atoms with Crippen molar-refractivity contribution in [1.82, 2.24) is 10.3 Å². The molecular formula is C18H20N2O2. The predicted molar refractivity (Wildman–Crippen MR) is 87.3 cm³/mol. The Morgan fingerprint density at radius 2 is 2.05 bits per heavy atom. The van der Waals surface area contributed by atoms with E-state index in [0.717, 1.165) is 11.3 Å². The minimum absolute atomic E-state index is 0.111. The van der Waals surface area contributed by atoms with E-state index in [1.165, 1.54) is 11.6 Å². The zero-order valence-corrected chi connectivity index (χ0v) is 12.9. The smallest absolute Gasteiger partial charge is 0.243 e. The van der Waals surface area contributed by atoms with Crippen LogP contribution >= 0.6 is 0 Å². The van der Waals surface area contributed by atoms with Crippen LogP contribution in [0.25, 0.3) is 11.5 Å². The first-order valence-corrected chi connectivity index (χ1v) is 7.27. The molecular weight excluding hydrogens is 276 g/mol. The van der Waals surface area contributed by atoms with Crippen molar-refractivity contribution >= 4 is 5.91 Å². The third-order valence-electron chi connectivity index (χ3n) is 3.08. The van der Waals surface area contributed by atoms with Gasteiger partial charge in [-0.05, 0) is 26.0 Å². The summed E-state index contributed by atoms with van der Waals surface area (Å²) in [6.07, 6.45) is 9.16. The molecule has 1 aromatic heterocycles. The molecule has 0 atom stereocenters. The minimum Gasteiger partial charge on any atom is -0.444 e. The molecule has 2 rings (SSSR count). The fraction of sp³-hybridized carbons (Fsp3) is 0.222. The van der Waals surface area contributed by atoms with Gasteiger partial charge in [0.1, 0.15) is 6.26 Å². The molecule has 1 N–H and O–H groups in total. The van der Waals surface area contributed by atoms with E-state index in [1.54, 1.807) is 12.3 Å². The summed E-state index contributed by atoms with van der Waals surface area (Å²) in [5.74, 6) is 0.495. The summed E-state index contributed by atoms with van der Waals surface area (Å²) in [6.45, 7) is 4.47. The zero-order valence-electron chi connectivity index (χ0n) is 12.9. The largest absolute Gasteiger partial charge is 0.444 e. The van der Waals surface area contributed by atoms with Crippen molar-refractivity contribution in [3.63, 3.8) is 0 Å². The Bertz CT molecular complexity index is 667. The van der Waals surface area contributed by atoms with Gasteiger partial charge in [-0.1, -0.05) is 35.9 Å². The normalized spacial score (nSPS) is 11.4. The van der Waals surface area contributed by atoms with Crippen LogP contribution in [0, 0.1) is 6.92 Å². The molecule has 0 spiro atoms. The van der Waals surface area contributed by atoms with Gasteiger partial charge in [-0.15, -0.1) is 0 Å². The number of aromatic nitrogens is 1. The van der Waals surface area contributed by atoms with Gasteiger partial charge in [0.15, 0.2) is 0 Å². The summed E-state index contributed by atoms with van der Waals surface area (Å²) in [5, 5.41) is 2.81. The van der Waals surface area contributed by atoms with Gasteiger partial charge < -0.3 is 9.73 Å². The number of carbonyl (C=O) groups excluding carboxylic acids is 1. The van der Waals surface area contributed by atoms with Gasteiger partial charge in [-0.25, -0.2) is 4.98 Å². The van der Waals surface area contributed by atoms with Crippen molar-refractivity contribution in [3.8, 4) is 11.5 Å². The van der Waals surface area contributed by atoms with Crippen molar-refractivity contribution in [3.05, 3.63) is 66.1 Å². The van der Waals surface area contributed by atoms with Crippen LogP contribution < -0.4 is 5.32 Å². The van der Waals surface area contributed by atoms with E-state index in [2.05, 4.69) is 10.3 Å². The molecule has 0 aliphatic carbocycles. The Labute approximate surface area is 130 Å². The van der Waals surface area contributed by atoms with E-state index in [4.69, 9.17) is 4.42 Å². The van der Waals surface area contributed by atoms with Crippen LogP contribution in [0.15, 0.2) is 59.2 Å². The highest BCUT2D eigenvalue weighted by atomic mass is 16.3. The number of nitrogens with one attached hydrogen (secondary N) is 1. The second-order valence-electron chi connectivity index (χ2n) is 4.94. The van der Waals surface area contributed by atoms with Crippen LogP contribution in [-0.4, -0.2) is 17.4 Å². The number of hydrogen-bond donors (Lipinski definition) is 1. The molecule has 114 valence electrons. The summed E-state index contributed by atoms with van der Waals surface area (Å²) in [7, 11) is 0. The molecule has 0 unspecified atom stereocenters. The number of hydrogen-bond acceptors (Lipinski definition) is 3. The molecule has 0 fully saturated rings. The van der Waals surface area contributed by atoms with Crippen LogP contribution in [-0.2, 0) is 11.2 Å². The lowest BCUT2D eigenvalue weighted by Crippen LogP contribution is -2.23. The molecule has 0 aliphatic rings. The number of benzene rings is 1. The quantitative estimate of drug-likeness (QED) is 0.656. The van der Waals surface area contributed by atoms with E-state index in [0.29, 0.717) is 18.9 Å². The molecule has 1 amide bonds. The van der Waals surface area contributed by atoms with Gasteiger partial charge in [0.25, 0.3) is 0 Å². The van der Waals surface area contributed by atoms with E-state index >= 15 is 0 Å². The number of rotatable bonds is 6. The minimum atomic E-state index is -0.111. The van der Waals surface area contributed by atoms with Gasteiger partial charge in [0.2, 0.25) is 11.8 Å². The van der Waals surface area contributed by atoms with Gasteiger partial charge in [0, 0.05) is 24.6 Å². The van der Waals surface area contributed by atoms with Crippen LogP contribution in [0.1, 0.15) is 18.2 Å². The molecule has 0 saturated carbocycles. The molecule has 0 aliphatic heterocycles. The number of nitrogens with zero attached hydrogens (tertiary/aromatic N) is 1. The number of amides is 1. The van der Waals surface area contributed by atoms with E-state index < -0.39 is 0 Å². The monoisotopic (exact) mass is 296 g/mol. The molecule has 1 aromatic carbocycles. The first-order chi connectivity index (χ1) is 10.7. The first kappa shape index (κ1) is 15.8. The standard InChI is InChI=1S/C18H20N2O2/c1-3-4-5-6-17(21)19-12-11-16-13-22-18(20-16)15-9-7-14(2)8-10-15/h3-10,13H,11-12H2,1-2H3,(H,19,21)/b4-3+,6-5-. The first-order valence-electron chi connectivity index (χ1n) is 7.27. The van der Waals surface area contributed by atoms with Crippen molar-refractivity contribution < 1.29 is 9.21 Å². The van der Waals surface area contributed by atoms with E-state index in [9.17, 15) is 4.79 Å². The number of aryl methyl sites for hydroxylation is 1. The SMILES string of the molecule is C/C=C/C=C\C(=O)NCCc1coc(-c2ccc(C)cc2)n1. The molecule has 4 nitrogen and oxygen atoms in total. The maximum atomic E-state index is 11.5. The average molecular weight is 296 g/mol. The van der Waals surface area contributed by atoms with E-state index in [-0.39, 0.29) is 5.91 Å². The Morgan fingerprint density at radius 1 is 1.27 bits per heavy atom. The molecule has 4 heteroatoms. The van der Waals surface area contributed by atoms with Gasteiger partial charge in [0.05, 0.1) is 5.69 Å². The summed E-state index contributed by atoms with van der Waals surface area (Å²) >= 11 is 0. The Hall–Kier alpha value is -2.62. The maximum absolute atomic E-state index is 11.5. The fourth-order valence-corrected chi connectivity index (χ4v) is 1.88. The lowest BCUT2D eigenvalue weighted by molar-refractivity contribution is -0.116. The second kappa shape index (κ2) is 7.98. The molecule has 0 saturated heterocycles. The number of allylic oxidation sites excluding steroid dienone is 3. The third kappa shape index (κ3) is 4.74. The van der Waals surface area contributed by atoms with Crippen LogP contribution in [0.2, 0.25) is 0 Å². The van der Waals surface area contributed by atoms with Crippen molar-refractivity contribution in [2.45, 2.75) is 20.3 Å². The highest BCUT2D eigenvalue weighted by Gasteiger charge is 2.06. The van der Waals surface area contributed by atoms with Crippen molar-refractivity contribution in [2.24, 2.45) is 0 Å². The molecule has 0 radical (unpaired) electrons. The van der Waals surface area contributed by atoms with Crippen LogP contribution in [0.3, 0.4) is 0 Å². The van der Waals surface area contributed by atoms with Crippen molar-refractivity contribution in [1.29, 1.82) is 0 Å². The summed E-state index contributed by atoms with van der Waals surface area (Å²) < 4.78 is 5.48. The maximum Gasteiger partial charge on any atom is 0.243 e. The van der Waals surface area contributed by atoms with Gasteiger partial charge >= 0.3 is 0 Å². The lowest BCUT2D eigenvalue weighted by Gasteiger charge is -1.99. The van der Waals surface area contributed by atoms with Crippen molar-refractivity contribution in [2.75, 3.05) is 6.54 Å². The Balaban J connectivity index is 1.85. The summed E-state index contributed by atoms with van der Waals surface area (Å²) in [4.78, 5) is 15.9. The number of carbonyl (C=O) groups is 1.